The van der Waals surface area contributed by atoms with Gasteiger partial charge >= 0.3 is 35.8 Å². The Morgan fingerprint density at radius 3 is 1.18 bits per heavy atom. The first kappa shape index (κ1) is 36.1. The topological polar surface area (TPSA) is 249 Å². The zero-order valence-electron chi connectivity index (χ0n) is 22.2. The number of aliphatic carboxylic acids is 4. The van der Waals surface area contributed by atoms with E-state index in [0.717, 1.165) is 9.80 Å². The van der Waals surface area contributed by atoms with Crippen molar-refractivity contribution in [1.82, 2.24) is 9.80 Å². The van der Waals surface area contributed by atoms with Crippen LogP contribution in [0, 0.1) is 0 Å². The lowest BCUT2D eigenvalue weighted by atomic mass is 10.1. The molecule has 16 nitrogen and oxygen atoms in total. The quantitative estimate of drug-likeness (QED) is 0.0665. The van der Waals surface area contributed by atoms with Crippen molar-refractivity contribution in [2.24, 2.45) is 0 Å². The predicted molar refractivity (Wildman–Crippen MR) is 134 cm³/mol. The van der Waals surface area contributed by atoms with Gasteiger partial charge in [0.1, 0.15) is 37.5 Å². The van der Waals surface area contributed by atoms with E-state index in [9.17, 15) is 59.4 Å². The van der Waals surface area contributed by atoms with E-state index in [1.165, 1.54) is 13.8 Å². The van der Waals surface area contributed by atoms with Crippen molar-refractivity contribution in [3.05, 3.63) is 24.3 Å². The van der Waals surface area contributed by atoms with Gasteiger partial charge in [-0.2, -0.15) is 0 Å². The number of rotatable bonds is 21. The highest BCUT2D eigenvalue weighted by molar-refractivity contribution is 5.87. The number of hydrogen-bond donors (Lipinski definition) is 6. The second kappa shape index (κ2) is 17.7. The summed E-state index contributed by atoms with van der Waals surface area (Å²) in [4.78, 5) is 71.5. The highest BCUT2D eigenvalue weighted by Crippen LogP contribution is 2.12. The Morgan fingerprint density at radius 1 is 0.650 bits per heavy atom. The van der Waals surface area contributed by atoms with Crippen LogP contribution in [0.3, 0.4) is 0 Å². The first-order valence-electron chi connectivity index (χ1n) is 11.8. The van der Waals surface area contributed by atoms with Gasteiger partial charge in [-0.25, -0.2) is 9.59 Å². The number of nitrogens with zero attached hydrogens (tertiary/aromatic N) is 2. The molecule has 0 aromatic rings. The molecule has 0 aliphatic carbocycles. The number of esters is 2. The van der Waals surface area contributed by atoms with E-state index in [2.05, 4.69) is 13.2 Å². The lowest BCUT2D eigenvalue weighted by Gasteiger charge is -2.34. The zero-order chi connectivity index (χ0) is 31.2. The number of carboxylic acids is 4. The second-order valence-corrected chi connectivity index (χ2v) is 8.96. The fraction of sp³-hybridized carbons (Fsp3) is 0.583. The molecule has 0 amide bonds. The monoisotopic (exact) mass is 576 g/mol. The molecule has 4 atom stereocenters. The highest BCUT2D eigenvalue weighted by atomic mass is 16.5. The van der Waals surface area contributed by atoms with E-state index in [4.69, 9.17) is 9.47 Å². The molecule has 0 heterocycles. The largest absolute Gasteiger partial charge is 0.481 e. The molecular formula is C24H36N2O14. The van der Waals surface area contributed by atoms with E-state index in [0.29, 0.717) is 0 Å². The van der Waals surface area contributed by atoms with E-state index in [1.54, 1.807) is 0 Å². The van der Waals surface area contributed by atoms with Crippen LogP contribution < -0.4 is 0 Å². The summed E-state index contributed by atoms with van der Waals surface area (Å²) in [6.45, 7) is 6.30. The van der Waals surface area contributed by atoms with Crippen molar-refractivity contribution in [2.75, 3.05) is 39.4 Å². The molecule has 0 saturated heterocycles. The molecule has 6 N–H and O–H groups in total. The van der Waals surface area contributed by atoms with Crippen molar-refractivity contribution in [3.8, 4) is 0 Å². The summed E-state index contributed by atoms with van der Waals surface area (Å²) >= 11 is 0. The van der Waals surface area contributed by atoms with E-state index in [1.807, 2.05) is 0 Å². The van der Waals surface area contributed by atoms with Crippen LogP contribution in [-0.4, -0.2) is 140 Å². The van der Waals surface area contributed by atoms with Crippen LogP contribution in [0.15, 0.2) is 24.3 Å². The lowest BCUT2D eigenvalue weighted by molar-refractivity contribution is -0.153. The zero-order valence-corrected chi connectivity index (χ0v) is 22.2. The van der Waals surface area contributed by atoms with E-state index >= 15 is 0 Å². The number of aliphatic hydroxyl groups excluding tert-OH is 2. The summed E-state index contributed by atoms with van der Waals surface area (Å²) < 4.78 is 9.66. The SMILES string of the molecule is C=C(C)C(=O)OCC(O)CN(CCN(CC(O)COC(=O)C(=C)C)C(CC(=O)O)C(=O)O)C(CC(=O)O)C(=O)O. The molecule has 226 valence electrons. The molecule has 16 heteroatoms. The van der Waals surface area contributed by atoms with Crippen molar-refractivity contribution in [1.29, 1.82) is 0 Å². The Morgan fingerprint density at radius 2 is 0.950 bits per heavy atom. The van der Waals surface area contributed by atoms with Crippen molar-refractivity contribution >= 4 is 35.8 Å². The molecule has 0 aromatic heterocycles. The normalized spacial score (nSPS) is 14.1. The Kier molecular flexibility index (Phi) is 16.0. The summed E-state index contributed by atoms with van der Waals surface area (Å²) in [6, 6.07) is -3.45. The van der Waals surface area contributed by atoms with Gasteiger partial charge in [0.15, 0.2) is 0 Å². The van der Waals surface area contributed by atoms with Gasteiger partial charge in [0, 0.05) is 37.3 Å². The molecule has 0 fully saturated rings. The van der Waals surface area contributed by atoms with Crippen LogP contribution in [0.1, 0.15) is 26.7 Å². The molecule has 0 radical (unpaired) electrons. The van der Waals surface area contributed by atoms with Gasteiger partial charge in [0.05, 0.1) is 12.8 Å². The van der Waals surface area contributed by atoms with Gasteiger partial charge in [-0.1, -0.05) is 13.2 Å². The summed E-state index contributed by atoms with van der Waals surface area (Å²) in [6.07, 6.45) is -4.86. The van der Waals surface area contributed by atoms with Crippen LogP contribution in [0.2, 0.25) is 0 Å². The van der Waals surface area contributed by atoms with E-state index < -0.39 is 112 Å². The fourth-order valence-electron chi connectivity index (χ4n) is 3.32. The number of carboxylic acid groups (broad SMARTS) is 4. The molecule has 0 aromatic carbocycles. The molecule has 0 saturated carbocycles. The number of ether oxygens (including phenoxy) is 2. The number of aliphatic hydroxyl groups is 2. The maximum absolute atomic E-state index is 11.9. The van der Waals surface area contributed by atoms with Crippen LogP contribution in [0.5, 0.6) is 0 Å². The molecule has 0 aliphatic rings. The van der Waals surface area contributed by atoms with Crippen LogP contribution in [-0.2, 0) is 38.2 Å². The van der Waals surface area contributed by atoms with Gasteiger partial charge in [-0.05, 0) is 13.8 Å². The van der Waals surface area contributed by atoms with Gasteiger partial charge < -0.3 is 40.1 Å². The molecule has 0 rings (SSSR count). The van der Waals surface area contributed by atoms with Gasteiger partial charge in [-0.3, -0.25) is 29.0 Å². The number of carbonyl (C=O) groups is 6. The molecule has 0 aliphatic heterocycles. The van der Waals surface area contributed by atoms with Crippen molar-refractivity contribution in [3.63, 3.8) is 0 Å². The maximum atomic E-state index is 11.9. The fourth-order valence-corrected chi connectivity index (χ4v) is 3.32. The van der Waals surface area contributed by atoms with Gasteiger partial charge in [-0.15, -0.1) is 0 Å². The predicted octanol–water partition coefficient (Wildman–Crippen LogP) is -1.59. The Labute approximate surface area is 229 Å². The Bertz CT molecular complexity index is 889. The summed E-state index contributed by atoms with van der Waals surface area (Å²) in [5, 5.41) is 58.3. The molecule has 0 bridgehead atoms. The minimum Gasteiger partial charge on any atom is -0.481 e. The van der Waals surface area contributed by atoms with Crippen molar-refractivity contribution < 1.29 is 68.9 Å². The first-order chi connectivity index (χ1) is 18.5. The molecule has 4 unspecified atom stereocenters. The summed E-state index contributed by atoms with van der Waals surface area (Å²) in [5.41, 5.74) is 0.0548. The highest BCUT2D eigenvalue weighted by Gasteiger charge is 2.34. The maximum Gasteiger partial charge on any atom is 0.333 e. The Hall–Kier alpha value is -3.86. The van der Waals surface area contributed by atoms with E-state index in [-0.39, 0.29) is 11.1 Å². The lowest BCUT2D eigenvalue weighted by Crippen LogP contribution is -2.53. The van der Waals surface area contributed by atoms with Crippen LogP contribution in [0.25, 0.3) is 0 Å². The van der Waals surface area contributed by atoms with Gasteiger partial charge in [0.25, 0.3) is 0 Å². The second-order valence-electron chi connectivity index (χ2n) is 8.96. The minimum atomic E-state index is -1.73. The third-order valence-corrected chi connectivity index (χ3v) is 5.26. The van der Waals surface area contributed by atoms with Crippen molar-refractivity contribution in [2.45, 2.75) is 51.0 Å². The number of carbonyl (C=O) groups excluding carboxylic acids is 2. The minimum absolute atomic E-state index is 0.0274. The Balaban J connectivity index is 5.98. The first-order valence-corrected chi connectivity index (χ1v) is 11.8. The number of hydrogen-bond acceptors (Lipinski definition) is 12. The molecule has 0 spiro atoms. The standard InChI is InChI=1S/C24H36N2O14/c1-13(2)23(37)39-11-15(27)9-25(17(21(33)34)7-19(29)30)5-6-26(18(22(35)36)8-20(31)32)10-16(28)12-40-24(38)14(3)4/h15-18,27-28H,1,3,5-12H2,2,4H3,(H,29,30)(H,31,32)(H,33,34)(H,35,36). The average molecular weight is 577 g/mol. The summed E-state index contributed by atoms with van der Waals surface area (Å²) in [7, 11) is 0. The summed E-state index contributed by atoms with van der Waals surface area (Å²) in [5.74, 6) is -7.85. The molecule has 40 heavy (non-hydrogen) atoms. The third kappa shape index (κ3) is 14.3. The smallest absolute Gasteiger partial charge is 0.333 e. The molecular weight excluding hydrogens is 540 g/mol. The van der Waals surface area contributed by atoms with Crippen LogP contribution in [0.4, 0.5) is 0 Å². The van der Waals surface area contributed by atoms with Gasteiger partial charge in [0.2, 0.25) is 0 Å². The van der Waals surface area contributed by atoms with Crippen LogP contribution >= 0.6 is 0 Å². The third-order valence-electron chi connectivity index (χ3n) is 5.26. The average Bonchev–Trinajstić information content (AvgIpc) is 2.83.